The van der Waals surface area contributed by atoms with E-state index in [1.54, 1.807) is 0 Å². The number of carbonyl (C=O) groups excluding carboxylic acids is 1. The van der Waals surface area contributed by atoms with E-state index < -0.39 is 0 Å². The number of rotatable bonds is 6. The average molecular weight is 392 g/mol. The molecule has 2 atom stereocenters. The Morgan fingerprint density at radius 1 is 1.04 bits per heavy atom. The first-order valence-corrected chi connectivity index (χ1v) is 11.6. The summed E-state index contributed by atoms with van der Waals surface area (Å²) in [6.45, 7) is 13.3. The quantitative estimate of drug-likeness (QED) is 0.539. The number of carbonyl (C=O) groups is 1. The van der Waals surface area contributed by atoms with E-state index in [2.05, 4.69) is 41.2 Å². The van der Waals surface area contributed by atoms with E-state index in [4.69, 9.17) is 4.99 Å². The highest BCUT2D eigenvalue weighted by Crippen LogP contribution is 2.29. The standard InChI is InChI=1S/C22H41N5O/c1-4-23-22(25-20-15-17(2)14-18(3)16-20)24-8-9-26-10-12-27(13-11-26)21(28)19-6-5-7-19/h17-20H,4-16H2,1-3H3,(H2,23,24,25). The molecule has 0 aromatic heterocycles. The molecule has 6 nitrogen and oxygen atoms in total. The smallest absolute Gasteiger partial charge is 0.225 e. The second-order valence-electron chi connectivity index (χ2n) is 9.31. The fourth-order valence-corrected chi connectivity index (χ4v) is 4.99. The van der Waals surface area contributed by atoms with Gasteiger partial charge in [-0.15, -0.1) is 0 Å². The van der Waals surface area contributed by atoms with Crippen LogP contribution in [0.25, 0.3) is 0 Å². The van der Waals surface area contributed by atoms with Crippen LogP contribution in [-0.4, -0.2) is 73.5 Å². The molecule has 1 amide bonds. The number of piperazine rings is 1. The van der Waals surface area contributed by atoms with Crippen molar-refractivity contribution in [1.82, 2.24) is 20.4 Å². The Balaban J connectivity index is 1.39. The molecule has 0 aromatic rings. The topological polar surface area (TPSA) is 60.0 Å². The highest BCUT2D eigenvalue weighted by molar-refractivity contribution is 5.80. The molecule has 28 heavy (non-hydrogen) atoms. The molecule has 6 heteroatoms. The van der Waals surface area contributed by atoms with Gasteiger partial charge in [-0.3, -0.25) is 14.7 Å². The molecule has 1 saturated heterocycles. The van der Waals surface area contributed by atoms with Crippen LogP contribution in [0.1, 0.15) is 59.3 Å². The van der Waals surface area contributed by atoms with Gasteiger partial charge in [0, 0.05) is 51.2 Å². The predicted molar refractivity (Wildman–Crippen MR) is 115 cm³/mol. The maximum Gasteiger partial charge on any atom is 0.225 e. The van der Waals surface area contributed by atoms with Gasteiger partial charge in [-0.05, 0) is 50.9 Å². The second-order valence-corrected chi connectivity index (χ2v) is 9.31. The van der Waals surface area contributed by atoms with E-state index in [0.717, 1.165) is 76.5 Å². The van der Waals surface area contributed by atoms with Gasteiger partial charge in [0.05, 0.1) is 6.54 Å². The fourth-order valence-electron chi connectivity index (χ4n) is 4.99. The zero-order valence-electron chi connectivity index (χ0n) is 18.3. The molecule has 2 N–H and O–H groups in total. The zero-order chi connectivity index (χ0) is 19.9. The minimum Gasteiger partial charge on any atom is -0.357 e. The lowest BCUT2D eigenvalue weighted by Crippen LogP contribution is -2.51. The van der Waals surface area contributed by atoms with Crippen LogP contribution in [0.15, 0.2) is 4.99 Å². The first-order chi connectivity index (χ1) is 13.5. The largest absolute Gasteiger partial charge is 0.357 e. The van der Waals surface area contributed by atoms with Crippen molar-refractivity contribution in [1.29, 1.82) is 0 Å². The van der Waals surface area contributed by atoms with Crippen LogP contribution in [0, 0.1) is 17.8 Å². The van der Waals surface area contributed by atoms with Gasteiger partial charge < -0.3 is 15.5 Å². The van der Waals surface area contributed by atoms with Crippen LogP contribution in [-0.2, 0) is 4.79 Å². The van der Waals surface area contributed by atoms with Gasteiger partial charge >= 0.3 is 0 Å². The van der Waals surface area contributed by atoms with Gasteiger partial charge in [-0.25, -0.2) is 0 Å². The third-order valence-electron chi connectivity index (χ3n) is 6.69. The van der Waals surface area contributed by atoms with E-state index >= 15 is 0 Å². The molecule has 0 aromatic carbocycles. The highest BCUT2D eigenvalue weighted by atomic mass is 16.2. The van der Waals surface area contributed by atoms with Crippen LogP contribution >= 0.6 is 0 Å². The lowest BCUT2D eigenvalue weighted by Gasteiger charge is -2.38. The van der Waals surface area contributed by atoms with Gasteiger partial charge in [-0.1, -0.05) is 20.3 Å². The summed E-state index contributed by atoms with van der Waals surface area (Å²) >= 11 is 0. The van der Waals surface area contributed by atoms with E-state index in [1.165, 1.54) is 25.7 Å². The van der Waals surface area contributed by atoms with Crippen LogP contribution in [0.3, 0.4) is 0 Å². The van der Waals surface area contributed by atoms with Gasteiger partial charge in [0.25, 0.3) is 0 Å². The van der Waals surface area contributed by atoms with Crippen molar-refractivity contribution in [3.63, 3.8) is 0 Å². The Kier molecular flexibility index (Phi) is 8.00. The monoisotopic (exact) mass is 391 g/mol. The number of guanidine groups is 1. The molecule has 3 aliphatic rings. The lowest BCUT2D eigenvalue weighted by molar-refractivity contribution is -0.139. The van der Waals surface area contributed by atoms with Crippen molar-refractivity contribution in [2.24, 2.45) is 22.7 Å². The molecule has 1 heterocycles. The van der Waals surface area contributed by atoms with Crippen molar-refractivity contribution in [3.05, 3.63) is 0 Å². The molecule has 0 bridgehead atoms. The molecule has 3 rings (SSSR count). The highest BCUT2D eigenvalue weighted by Gasteiger charge is 2.31. The van der Waals surface area contributed by atoms with Crippen molar-refractivity contribution in [2.75, 3.05) is 45.8 Å². The van der Waals surface area contributed by atoms with Crippen LogP contribution < -0.4 is 10.6 Å². The Morgan fingerprint density at radius 2 is 1.71 bits per heavy atom. The maximum absolute atomic E-state index is 12.4. The third kappa shape index (κ3) is 6.10. The molecular weight excluding hydrogens is 350 g/mol. The predicted octanol–water partition coefficient (Wildman–Crippen LogP) is 2.31. The average Bonchev–Trinajstić information content (AvgIpc) is 2.60. The van der Waals surface area contributed by atoms with Crippen LogP contribution in [0.2, 0.25) is 0 Å². The summed E-state index contributed by atoms with van der Waals surface area (Å²) < 4.78 is 0. The maximum atomic E-state index is 12.4. The molecule has 0 spiro atoms. The summed E-state index contributed by atoms with van der Waals surface area (Å²) in [5, 5.41) is 7.08. The van der Waals surface area contributed by atoms with Gasteiger partial charge in [0.15, 0.2) is 5.96 Å². The zero-order valence-corrected chi connectivity index (χ0v) is 18.3. The summed E-state index contributed by atoms with van der Waals surface area (Å²) in [6, 6.07) is 0.539. The second kappa shape index (κ2) is 10.5. The number of nitrogens with one attached hydrogen (secondary N) is 2. The SMILES string of the molecule is CCNC(=NCCN1CCN(C(=O)C2CCC2)CC1)NC1CC(C)CC(C)C1. The first-order valence-electron chi connectivity index (χ1n) is 11.6. The number of hydrogen-bond acceptors (Lipinski definition) is 3. The first kappa shape index (κ1) is 21.4. The summed E-state index contributed by atoms with van der Waals surface area (Å²) in [5.74, 6) is 3.28. The molecule has 3 fully saturated rings. The Hall–Kier alpha value is -1.30. The van der Waals surface area contributed by atoms with Crippen molar-refractivity contribution < 1.29 is 4.79 Å². The van der Waals surface area contributed by atoms with E-state index in [9.17, 15) is 4.79 Å². The number of hydrogen-bond donors (Lipinski definition) is 2. The van der Waals surface area contributed by atoms with Crippen molar-refractivity contribution in [3.8, 4) is 0 Å². The summed E-state index contributed by atoms with van der Waals surface area (Å²) in [7, 11) is 0. The fraction of sp³-hybridized carbons (Fsp3) is 0.909. The van der Waals surface area contributed by atoms with Crippen LogP contribution in [0.5, 0.6) is 0 Å². The lowest BCUT2D eigenvalue weighted by atomic mass is 9.80. The molecule has 160 valence electrons. The van der Waals surface area contributed by atoms with E-state index in [1.807, 2.05) is 0 Å². The van der Waals surface area contributed by atoms with Crippen LogP contribution in [0.4, 0.5) is 0 Å². The minimum atomic E-state index is 0.329. The van der Waals surface area contributed by atoms with E-state index in [0.29, 0.717) is 17.9 Å². The minimum absolute atomic E-state index is 0.329. The Bertz CT molecular complexity index is 515. The molecule has 2 aliphatic carbocycles. The van der Waals surface area contributed by atoms with Gasteiger partial charge in [-0.2, -0.15) is 0 Å². The normalized spacial score (nSPS) is 30.0. The number of nitrogens with zero attached hydrogens (tertiary/aromatic N) is 3. The molecular formula is C22H41N5O. The third-order valence-corrected chi connectivity index (χ3v) is 6.69. The van der Waals surface area contributed by atoms with Crippen molar-refractivity contribution >= 4 is 11.9 Å². The number of aliphatic imine (C=N–C) groups is 1. The van der Waals surface area contributed by atoms with Gasteiger partial charge in [0.2, 0.25) is 5.91 Å². The summed E-state index contributed by atoms with van der Waals surface area (Å²) in [6.07, 6.45) is 7.27. The summed E-state index contributed by atoms with van der Waals surface area (Å²) in [5.41, 5.74) is 0. The Morgan fingerprint density at radius 3 is 2.29 bits per heavy atom. The number of amides is 1. The van der Waals surface area contributed by atoms with E-state index in [-0.39, 0.29) is 0 Å². The Labute approximate surface area is 171 Å². The van der Waals surface area contributed by atoms with Crippen molar-refractivity contribution in [2.45, 2.75) is 65.3 Å². The molecule has 0 radical (unpaired) electrons. The molecule has 1 aliphatic heterocycles. The summed E-state index contributed by atoms with van der Waals surface area (Å²) in [4.78, 5) is 21.7. The molecule has 2 saturated carbocycles. The molecule has 2 unspecified atom stereocenters. The van der Waals surface area contributed by atoms with Gasteiger partial charge in [0.1, 0.15) is 0 Å².